The predicted molar refractivity (Wildman–Crippen MR) is 49.9 cm³/mol. The van der Waals surface area contributed by atoms with E-state index in [4.69, 9.17) is 11.6 Å². The third kappa shape index (κ3) is 2.01. The van der Waals surface area contributed by atoms with E-state index in [1.807, 2.05) is 0 Å². The SMILES string of the molecule is O=C(Cl)c1[nH]cc(Br)c(=O)c1C(F)F. The summed E-state index contributed by atoms with van der Waals surface area (Å²) < 4.78 is 24.7. The summed E-state index contributed by atoms with van der Waals surface area (Å²) in [4.78, 5) is 24.1. The second-order valence-electron chi connectivity index (χ2n) is 2.33. The molecule has 0 bridgehead atoms. The van der Waals surface area contributed by atoms with Gasteiger partial charge in [0.2, 0.25) is 5.43 Å². The van der Waals surface area contributed by atoms with Gasteiger partial charge in [0.05, 0.1) is 10.0 Å². The van der Waals surface area contributed by atoms with Crippen LogP contribution in [0.2, 0.25) is 0 Å². The molecule has 0 aliphatic carbocycles. The van der Waals surface area contributed by atoms with Gasteiger partial charge in [-0.2, -0.15) is 0 Å². The van der Waals surface area contributed by atoms with Crippen LogP contribution in [0, 0.1) is 0 Å². The largest absolute Gasteiger partial charge is 0.356 e. The molecule has 0 spiro atoms. The van der Waals surface area contributed by atoms with Gasteiger partial charge < -0.3 is 4.98 Å². The van der Waals surface area contributed by atoms with E-state index >= 15 is 0 Å². The van der Waals surface area contributed by atoms with Crippen molar-refractivity contribution in [2.45, 2.75) is 6.43 Å². The molecular weight excluding hydrogens is 283 g/mol. The van der Waals surface area contributed by atoms with E-state index in [0.717, 1.165) is 6.20 Å². The van der Waals surface area contributed by atoms with E-state index in [2.05, 4.69) is 20.9 Å². The van der Waals surface area contributed by atoms with Gasteiger partial charge in [-0.05, 0) is 27.5 Å². The Hall–Kier alpha value is -0.750. The van der Waals surface area contributed by atoms with E-state index in [1.165, 1.54) is 0 Å². The topological polar surface area (TPSA) is 49.9 Å². The van der Waals surface area contributed by atoms with Gasteiger partial charge in [0, 0.05) is 6.20 Å². The van der Waals surface area contributed by atoms with Crippen molar-refractivity contribution in [3.05, 3.63) is 32.2 Å². The summed E-state index contributed by atoms with van der Waals surface area (Å²) in [6.45, 7) is 0. The van der Waals surface area contributed by atoms with Crippen LogP contribution in [0.4, 0.5) is 8.78 Å². The van der Waals surface area contributed by atoms with Crippen molar-refractivity contribution < 1.29 is 13.6 Å². The lowest BCUT2D eigenvalue weighted by Gasteiger charge is -2.04. The van der Waals surface area contributed by atoms with Crippen molar-refractivity contribution in [3.63, 3.8) is 0 Å². The van der Waals surface area contributed by atoms with Crippen molar-refractivity contribution in [2.24, 2.45) is 0 Å². The molecule has 0 saturated carbocycles. The van der Waals surface area contributed by atoms with Gasteiger partial charge in [0.25, 0.3) is 11.7 Å². The van der Waals surface area contributed by atoms with Crippen LogP contribution in [0.1, 0.15) is 22.5 Å². The van der Waals surface area contributed by atoms with Crippen LogP contribution in [0.15, 0.2) is 15.5 Å². The third-order valence-corrected chi connectivity index (χ3v) is 2.27. The maximum absolute atomic E-state index is 12.4. The van der Waals surface area contributed by atoms with Crippen molar-refractivity contribution in [2.75, 3.05) is 0 Å². The lowest BCUT2D eigenvalue weighted by Crippen LogP contribution is -2.16. The molecule has 76 valence electrons. The number of H-pyrrole nitrogens is 1. The second-order valence-corrected chi connectivity index (χ2v) is 3.53. The first-order valence-corrected chi connectivity index (χ1v) is 4.51. The molecule has 1 aromatic rings. The number of rotatable bonds is 2. The van der Waals surface area contributed by atoms with Gasteiger partial charge in [-0.3, -0.25) is 9.59 Å². The summed E-state index contributed by atoms with van der Waals surface area (Å²) in [5.41, 5.74) is -2.43. The molecule has 0 unspecified atom stereocenters. The highest BCUT2D eigenvalue weighted by molar-refractivity contribution is 9.10. The molecular formula is C7H3BrClF2NO2. The summed E-state index contributed by atoms with van der Waals surface area (Å²) in [6.07, 6.45) is -1.96. The minimum Gasteiger partial charge on any atom is -0.356 e. The van der Waals surface area contributed by atoms with Gasteiger partial charge >= 0.3 is 0 Å². The molecule has 7 heteroatoms. The minimum atomic E-state index is -3.05. The summed E-state index contributed by atoms with van der Waals surface area (Å²) in [6, 6.07) is 0. The number of carbonyl (C=O) groups is 1. The molecule has 0 atom stereocenters. The molecule has 0 fully saturated rings. The van der Waals surface area contributed by atoms with E-state index in [0.29, 0.717) is 0 Å². The van der Waals surface area contributed by atoms with Crippen LogP contribution in [-0.4, -0.2) is 10.2 Å². The number of hydrogen-bond donors (Lipinski definition) is 1. The standard InChI is InChI=1S/C7H3BrClF2NO2/c8-2-1-12-4(6(9)14)3(5(2)13)7(10)11/h1,7H,(H,12,13). The average molecular weight is 286 g/mol. The normalized spacial score (nSPS) is 10.6. The molecule has 0 saturated heterocycles. The highest BCUT2D eigenvalue weighted by Gasteiger charge is 2.22. The zero-order valence-corrected chi connectivity index (χ0v) is 8.82. The zero-order chi connectivity index (χ0) is 10.9. The number of aromatic nitrogens is 1. The Bertz CT molecular complexity index is 432. The fraction of sp³-hybridized carbons (Fsp3) is 0.143. The smallest absolute Gasteiger partial charge is 0.269 e. The molecule has 1 N–H and O–H groups in total. The summed E-state index contributed by atoms with van der Waals surface area (Å²) in [5, 5.41) is -1.12. The molecule has 1 heterocycles. The Morgan fingerprint density at radius 3 is 2.57 bits per heavy atom. The Labute approximate surface area is 90.2 Å². The molecule has 0 aromatic carbocycles. The first-order valence-electron chi connectivity index (χ1n) is 3.34. The highest BCUT2D eigenvalue weighted by Crippen LogP contribution is 2.20. The quantitative estimate of drug-likeness (QED) is 0.849. The Kier molecular flexibility index (Phi) is 3.38. The van der Waals surface area contributed by atoms with Crippen molar-refractivity contribution in [1.29, 1.82) is 0 Å². The Morgan fingerprint density at radius 1 is 1.57 bits per heavy atom. The maximum atomic E-state index is 12.4. The fourth-order valence-corrected chi connectivity index (χ4v) is 1.38. The highest BCUT2D eigenvalue weighted by atomic mass is 79.9. The summed E-state index contributed by atoms with van der Waals surface area (Å²) in [7, 11) is 0. The van der Waals surface area contributed by atoms with E-state index < -0.39 is 28.4 Å². The fourth-order valence-electron chi connectivity index (χ4n) is 0.892. The van der Waals surface area contributed by atoms with E-state index in [-0.39, 0.29) is 4.47 Å². The summed E-state index contributed by atoms with van der Waals surface area (Å²) >= 11 is 7.79. The molecule has 14 heavy (non-hydrogen) atoms. The first kappa shape index (κ1) is 11.3. The van der Waals surface area contributed by atoms with Crippen LogP contribution in [0.3, 0.4) is 0 Å². The molecule has 0 amide bonds. The number of hydrogen-bond acceptors (Lipinski definition) is 2. The van der Waals surface area contributed by atoms with Crippen LogP contribution >= 0.6 is 27.5 Å². The lowest BCUT2D eigenvalue weighted by molar-refractivity contribution is 0.106. The molecule has 0 radical (unpaired) electrons. The molecule has 0 aliphatic rings. The van der Waals surface area contributed by atoms with Gasteiger partial charge in [-0.1, -0.05) is 0 Å². The van der Waals surface area contributed by atoms with Gasteiger partial charge in [0.1, 0.15) is 5.69 Å². The van der Waals surface area contributed by atoms with Crippen molar-refractivity contribution in [3.8, 4) is 0 Å². The third-order valence-electron chi connectivity index (χ3n) is 1.49. The van der Waals surface area contributed by atoms with Gasteiger partial charge in [0.15, 0.2) is 0 Å². The summed E-state index contributed by atoms with van der Waals surface area (Å²) in [5.74, 6) is 0. The number of alkyl halides is 2. The van der Waals surface area contributed by atoms with E-state index in [1.54, 1.807) is 0 Å². The van der Waals surface area contributed by atoms with Crippen molar-refractivity contribution >= 4 is 32.8 Å². The van der Waals surface area contributed by atoms with Gasteiger partial charge in [-0.15, -0.1) is 0 Å². The molecule has 1 rings (SSSR count). The van der Waals surface area contributed by atoms with E-state index in [9.17, 15) is 18.4 Å². The monoisotopic (exact) mass is 285 g/mol. The zero-order valence-electron chi connectivity index (χ0n) is 6.48. The number of pyridine rings is 1. The number of carbonyl (C=O) groups excluding carboxylic acids is 1. The number of halogens is 4. The van der Waals surface area contributed by atoms with Crippen LogP contribution < -0.4 is 5.43 Å². The van der Waals surface area contributed by atoms with Gasteiger partial charge in [-0.25, -0.2) is 8.78 Å². The number of aromatic amines is 1. The minimum absolute atomic E-state index is 0.0746. The Balaban J connectivity index is 3.54. The number of nitrogens with one attached hydrogen (secondary N) is 1. The van der Waals surface area contributed by atoms with Crippen LogP contribution in [0.5, 0.6) is 0 Å². The van der Waals surface area contributed by atoms with Crippen molar-refractivity contribution in [1.82, 2.24) is 4.98 Å². The molecule has 3 nitrogen and oxygen atoms in total. The lowest BCUT2D eigenvalue weighted by atomic mass is 10.2. The molecule has 1 aromatic heterocycles. The van der Waals surface area contributed by atoms with Crippen LogP contribution in [-0.2, 0) is 0 Å². The van der Waals surface area contributed by atoms with Crippen LogP contribution in [0.25, 0.3) is 0 Å². The predicted octanol–water partition coefficient (Wildman–Crippen LogP) is 2.45. The Morgan fingerprint density at radius 2 is 2.14 bits per heavy atom. The maximum Gasteiger partial charge on any atom is 0.269 e. The first-order chi connectivity index (χ1) is 6.45. The second kappa shape index (κ2) is 4.18. The average Bonchev–Trinajstić information content (AvgIpc) is 2.08. The molecule has 0 aliphatic heterocycles.